The van der Waals surface area contributed by atoms with Crippen molar-refractivity contribution in [3.8, 4) is 0 Å². The molecule has 2 rings (SSSR count). The van der Waals surface area contributed by atoms with Gasteiger partial charge in [0.15, 0.2) is 0 Å². The molecule has 21 heavy (non-hydrogen) atoms. The third-order valence-corrected chi connectivity index (χ3v) is 6.65. The quantitative estimate of drug-likeness (QED) is 0.924. The van der Waals surface area contributed by atoms with Crippen LogP contribution in [0.3, 0.4) is 0 Å². The first-order valence-electron chi connectivity index (χ1n) is 6.72. The Labute approximate surface area is 129 Å². The Hall–Kier alpha value is -1.11. The lowest BCUT2D eigenvalue weighted by Gasteiger charge is -2.40. The van der Waals surface area contributed by atoms with Crippen molar-refractivity contribution in [1.29, 1.82) is 0 Å². The minimum atomic E-state index is -3.90. The maximum Gasteiger partial charge on any atom is 0.324 e. The third-order valence-electron chi connectivity index (χ3n) is 4.07. The van der Waals surface area contributed by atoms with Crippen molar-refractivity contribution in [1.82, 2.24) is 4.31 Å². The zero-order chi connectivity index (χ0) is 15.8. The fraction of sp³-hybridized carbons (Fsp3) is 0.500. The number of halogens is 1. The van der Waals surface area contributed by atoms with Crippen LogP contribution in [0.1, 0.15) is 31.7 Å². The van der Waals surface area contributed by atoms with Gasteiger partial charge in [-0.25, -0.2) is 8.42 Å². The van der Waals surface area contributed by atoms with Gasteiger partial charge >= 0.3 is 5.97 Å². The second-order valence-corrected chi connectivity index (χ2v) is 7.71. The molecule has 0 spiro atoms. The summed E-state index contributed by atoms with van der Waals surface area (Å²) in [5, 5.41) is 9.82. The predicted octanol–water partition coefficient (Wildman–Crippen LogP) is 2.67. The van der Waals surface area contributed by atoms with Gasteiger partial charge in [-0.2, -0.15) is 4.31 Å². The van der Waals surface area contributed by atoms with Gasteiger partial charge in [-0.3, -0.25) is 4.79 Å². The zero-order valence-electron chi connectivity index (χ0n) is 12.0. The number of carboxylic acid groups (broad SMARTS) is 1. The van der Waals surface area contributed by atoms with Crippen LogP contribution in [-0.4, -0.2) is 35.9 Å². The number of sulfonamides is 1. The molecular formula is C14H18ClNO4S. The minimum absolute atomic E-state index is 0.0735. The second kappa shape index (κ2) is 5.59. The fourth-order valence-electron chi connectivity index (χ4n) is 2.68. The third kappa shape index (κ3) is 2.67. The second-order valence-electron chi connectivity index (χ2n) is 5.48. The molecule has 1 N–H and O–H groups in total. The maximum atomic E-state index is 12.9. The van der Waals surface area contributed by atoms with Gasteiger partial charge in [0.2, 0.25) is 10.0 Å². The number of benzene rings is 1. The monoisotopic (exact) mass is 331 g/mol. The Bertz CT molecular complexity index is 674. The van der Waals surface area contributed by atoms with E-state index in [1.54, 1.807) is 19.1 Å². The molecule has 5 nitrogen and oxygen atoms in total. The van der Waals surface area contributed by atoms with Crippen LogP contribution in [0.2, 0.25) is 5.02 Å². The summed E-state index contributed by atoms with van der Waals surface area (Å²) in [6.07, 6.45) is 1.66. The molecule has 1 heterocycles. The van der Waals surface area contributed by atoms with Crippen molar-refractivity contribution in [2.24, 2.45) is 0 Å². The largest absolute Gasteiger partial charge is 0.480 e. The van der Waals surface area contributed by atoms with Gasteiger partial charge in [-0.1, -0.05) is 17.7 Å². The van der Waals surface area contributed by atoms with Crippen LogP contribution < -0.4 is 0 Å². The number of hydrogen-bond donors (Lipinski definition) is 1. The normalized spacial score (nSPS) is 24.0. The molecule has 116 valence electrons. The highest BCUT2D eigenvalue weighted by atomic mass is 35.5. The number of rotatable bonds is 3. The molecule has 1 unspecified atom stereocenters. The summed E-state index contributed by atoms with van der Waals surface area (Å²) in [5.41, 5.74) is -0.969. The average molecular weight is 332 g/mol. The highest BCUT2D eigenvalue weighted by Gasteiger charge is 2.48. The van der Waals surface area contributed by atoms with E-state index in [0.717, 1.165) is 4.31 Å². The van der Waals surface area contributed by atoms with E-state index in [1.807, 2.05) is 0 Å². The van der Waals surface area contributed by atoms with Gasteiger partial charge < -0.3 is 5.11 Å². The number of carbonyl (C=O) groups is 1. The van der Waals surface area contributed by atoms with E-state index in [9.17, 15) is 18.3 Å². The lowest BCUT2D eigenvalue weighted by molar-refractivity contribution is -0.149. The Morgan fingerprint density at radius 1 is 1.38 bits per heavy atom. The molecule has 0 radical (unpaired) electrons. The van der Waals surface area contributed by atoms with Gasteiger partial charge in [0.25, 0.3) is 0 Å². The molecule has 0 bridgehead atoms. The molecule has 1 aromatic carbocycles. The summed E-state index contributed by atoms with van der Waals surface area (Å²) in [6.45, 7) is 3.29. The van der Waals surface area contributed by atoms with E-state index >= 15 is 0 Å². The molecule has 1 aromatic rings. The van der Waals surface area contributed by atoms with Gasteiger partial charge in [0.1, 0.15) is 5.54 Å². The first-order valence-corrected chi connectivity index (χ1v) is 8.54. The first-order chi connectivity index (χ1) is 9.71. The molecule has 0 aliphatic carbocycles. The summed E-state index contributed by atoms with van der Waals surface area (Å²) in [4.78, 5) is 11.7. The van der Waals surface area contributed by atoms with Gasteiger partial charge in [0.05, 0.1) is 4.90 Å². The molecule has 1 saturated heterocycles. The van der Waals surface area contributed by atoms with E-state index in [-0.39, 0.29) is 11.4 Å². The molecular weight excluding hydrogens is 314 g/mol. The van der Waals surface area contributed by atoms with E-state index < -0.39 is 21.5 Å². The molecule has 1 fully saturated rings. The number of aliphatic carboxylic acids is 1. The SMILES string of the molecule is Cc1c(Cl)cccc1S(=O)(=O)N1CCCCC1(C)C(=O)O. The molecule has 7 heteroatoms. The Balaban J connectivity index is 2.56. The molecule has 1 aliphatic rings. The van der Waals surface area contributed by atoms with Crippen LogP contribution in [0.25, 0.3) is 0 Å². The summed E-state index contributed by atoms with van der Waals surface area (Å²) in [5.74, 6) is -1.12. The lowest BCUT2D eigenvalue weighted by Crippen LogP contribution is -2.57. The van der Waals surface area contributed by atoms with Gasteiger partial charge in [-0.15, -0.1) is 0 Å². The predicted molar refractivity (Wildman–Crippen MR) is 80.0 cm³/mol. The topological polar surface area (TPSA) is 74.7 Å². The molecule has 0 saturated carbocycles. The van der Waals surface area contributed by atoms with Gasteiger partial charge in [-0.05, 0) is 50.8 Å². The first kappa shape index (κ1) is 16.3. The van der Waals surface area contributed by atoms with Crippen LogP contribution in [0, 0.1) is 6.92 Å². The van der Waals surface area contributed by atoms with Crippen LogP contribution in [0.4, 0.5) is 0 Å². The van der Waals surface area contributed by atoms with Crippen molar-refractivity contribution in [3.63, 3.8) is 0 Å². The zero-order valence-corrected chi connectivity index (χ0v) is 13.5. The Morgan fingerprint density at radius 3 is 2.67 bits per heavy atom. The van der Waals surface area contributed by atoms with Crippen molar-refractivity contribution >= 4 is 27.6 Å². The number of nitrogens with zero attached hydrogens (tertiary/aromatic N) is 1. The molecule has 0 amide bonds. The van der Waals surface area contributed by atoms with Crippen LogP contribution in [-0.2, 0) is 14.8 Å². The minimum Gasteiger partial charge on any atom is -0.480 e. The van der Waals surface area contributed by atoms with E-state index in [0.29, 0.717) is 29.8 Å². The molecule has 1 atom stereocenters. The van der Waals surface area contributed by atoms with Crippen LogP contribution in [0.15, 0.2) is 23.1 Å². The standard InChI is InChI=1S/C14H18ClNO4S/c1-10-11(15)6-5-7-12(10)21(19,20)16-9-4-3-8-14(16,2)13(17)18/h5-7H,3-4,8-9H2,1-2H3,(H,17,18). The van der Waals surface area contributed by atoms with Crippen LogP contribution in [0.5, 0.6) is 0 Å². The molecule has 1 aliphatic heterocycles. The Kier molecular flexibility index (Phi) is 4.33. The van der Waals surface area contributed by atoms with Crippen molar-refractivity contribution in [2.45, 2.75) is 43.5 Å². The fourth-order valence-corrected chi connectivity index (χ4v) is 4.97. The lowest BCUT2D eigenvalue weighted by atomic mass is 9.91. The number of piperidine rings is 1. The number of carboxylic acids is 1. The van der Waals surface area contributed by atoms with Gasteiger partial charge in [0, 0.05) is 11.6 Å². The van der Waals surface area contributed by atoms with Crippen LogP contribution >= 0.6 is 11.6 Å². The van der Waals surface area contributed by atoms with Crippen molar-refractivity contribution < 1.29 is 18.3 Å². The highest BCUT2D eigenvalue weighted by Crippen LogP contribution is 2.35. The maximum absolute atomic E-state index is 12.9. The smallest absolute Gasteiger partial charge is 0.324 e. The highest BCUT2D eigenvalue weighted by molar-refractivity contribution is 7.89. The average Bonchev–Trinajstić information content (AvgIpc) is 2.41. The molecule has 0 aromatic heterocycles. The van der Waals surface area contributed by atoms with Crippen molar-refractivity contribution in [3.05, 3.63) is 28.8 Å². The van der Waals surface area contributed by atoms with E-state index in [1.165, 1.54) is 13.0 Å². The Morgan fingerprint density at radius 2 is 2.05 bits per heavy atom. The van der Waals surface area contributed by atoms with E-state index in [4.69, 9.17) is 11.6 Å². The van der Waals surface area contributed by atoms with Crippen molar-refractivity contribution in [2.75, 3.05) is 6.54 Å². The van der Waals surface area contributed by atoms with E-state index in [2.05, 4.69) is 0 Å². The summed E-state index contributed by atoms with van der Waals surface area (Å²) >= 11 is 5.99. The number of hydrogen-bond acceptors (Lipinski definition) is 3. The summed E-state index contributed by atoms with van der Waals surface area (Å²) in [7, 11) is -3.90. The summed E-state index contributed by atoms with van der Waals surface area (Å²) < 4.78 is 26.9. The summed E-state index contributed by atoms with van der Waals surface area (Å²) in [6, 6.07) is 4.64.